The summed E-state index contributed by atoms with van der Waals surface area (Å²) < 4.78 is 16.3. The van der Waals surface area contributed by atoms with Crippen molar-refractivity contribution in [1.82, 2.24) is 20.5 Å². The molecule has 2 N–H and O–H groups in total. The molecule has 1 aromatic heterocycles. The van der Waals surface area contributed by atoms with Gasteiger partial charge in [-0.05, 0) is 37.8 Å². The van der Waals surface area contributed by atoms with Gasteiger partial charge in [0, 0.05) is 63.3 Å². The summed E-state index contributed by atoms with van der Waals surface area (Å²) in [6.45, 7) is 7.13. The summed E-state index contributed by atoms with van der Waals surface area (Å²) >= 11 is 0. The average Bonchev–Trinajstić information content (AvgIpc) is 3.32. The monoisotopic (exact) mass is 576 g/mol. The van der Waals surface area contributed by atoms with Crippen molar-refractivity contribution < 1.29 is 33.4 Å². The van der Waals surface area contributed by atoms with Crippen molar-refractivity contribution >= 4 is 23.5 Å². The highest BCUT2D eigenvalue weighted by Crippen LogP contribution is 2.27. The normalized spacial score (nSPS) is 20.3. The van der Waals surface area contributed by atoms with Gasteiger partial charge in [0.1, 0.15) is 5.78 Å². The van der Waals surface area contributed by atoms with Crippen LogP contribution in [-0.4, -0.2) is 99.2 Å². The first-order chi connectivity index (χ1) is 19.8. The van der Waals surface area contributed by atoms with E-state index in [9.17, 15) is 19.2 Å². The van der Waals surface area contributed by atoms with Crippen molar-refractivity contribution in [2.24, 2.45) is 17.8 Å². The molecule has 230 valence electrons. The van der Waals surface area contributed by atoms with Gasteiger partial charge in [-0.3, -0.25) is 24.2 Å². The van der Waals surface area contributed by atoms with Crippen LogP contribution in [0, 0.1) is 17.8 Å². The molecule has 0 aromatic carbocycles. The van der Waals surface area contributed by atoms with Gasteiger partial charge in [0.2, 0.25) is 17.7 Å². The number of ether oxygens (including phenoxy) is 3. The zero-order chi connectivity index (χ0) is 29.9. The maximum atomic E-state index is 12.1. The fourth-order valence-corrected chi connectivity index (χ4v) is 4.74. The molecule has 1 unspecified atom stereocenters. The Labute approximate surface area is 244 Å². The Balaban J connectivity index is 0.000000864. The van der Waals surface area contributed by atoms with Crippen LogP contribution in [0.4, 0.5) is 0 Å². The summed E-state index contributed by atoms with van der Waals surface area (Å²) in [5, 5.41) is 5.83. The van der Waals surface area contributed by atoms with E-state index < -0.39 is 0 Å². The molecule has 41 heavy (non-hydrogen) atoms. The van der Waals surface area contributed by atoms with Crippen molar-refractivity contribution in [3.8, 4) is 0 Å². The van der Waals surface area contributed by atoms with Crippen LogP contribution in [-0.2, 0) is 33.4 Å². The molecule has 3 amide bonds. The lowest BCUT2D eigenvalue weighted by Crippen LogP contribution is -2.39. The second kappa shape index (κ2) is 20.1. The van der Waals surface area contributed by atoms with Gasteiger partial charge < -0.3 is 29.7 Å². The number of hydrogen-bond acceptors (Lipinski definition) is 8. The predicted octanol–water partition coefficient (Wildman–Crippen LogP) is 2.00. The average molecular weight is 577 g/mol. The molecule has 11 nitrogen and oxygen atoms in total. The van der Waals surface area contributed by atoms with Gasteiger partial charge in [-0.2, -0.15) is 0 Å². The van der Waals surface area contributed by atoms with E-state index in [1.54, 1.807) is 24.3 Å². The lowest BCUT2D eigenvalue weighted by molar-refractivity contribution is -0.128. The Morgan fingerprint density at radius 2 is 1.51 bits per heavy atom. The molecule has 2 aliphatic rings. The standard InChI is InChI=1S/C25H43N3O7.C5H5N/c1-18(2)24(31)19-4-6-21(7-5-19)27-22(29)8-10-33-12-14-35-15-13-34-11-9-26-25(32)20-16-23(30)28(3)17-20;1-2-4-6-5-3-1/h18-21H,4-17H2,1-3H3,(H,26,32)(H,27,29);1-5H. The Hall–Kier alpha value is -2.89. The lowest BCUT2D eigenvalue weighted by atomic mass is 9.80. The summed E-state index contributed by atoms with van der Waals surface area (Å²) in [5.74, 6) is 0.166. The van der Waals surface area contributed by atoms with Crippen LogP contribution in [0.1, 0.15) is 52.4 Å². The molecule has 1 aliphatic carbocycles. The van der Waals surface area contributed by atoms with E-state index in [0.29, 0.717) is 64.9 Å². The smallest absolute Gasteiger partial charge is 0.225 e. The summed E-state index contributed by atoms with van der Waals surface area (Å²) in [4.78, 5) is 53.0. The minimum absolute atomic E-state index is 0.0000792. The summed E-state index contributed by atoms with van der Waals surface area (Å²) in [7, 11) is 1.70. The fraction of sp³-hybridized carbons (Fsp3) is 0.700. The van der Waals surface area contributed by atoms with Crippen LogP contribution in [0.15, 0.2) is 30.6 Å². The predicted molar refractivity (Wildman–Crippen MR) is 154 cm³/mol. The number of rotatable bonds is 16. The first kappa shape index (κ1) is 34.3. The minimum atomic E-state index is -0.275. The van der Waals surface area contributed by atoms with Crippen LogP contribution in [0.25, 0.3) is 0 Å². The highest BCUT2D eigenvalue weighted by atomic mass is 16.5. The van der Waals surface area contributed by atoms with Crippen molar-refractivity contribution in [2.75, 3.05) is 59.8 Å². The molecule has 0 spiro atoms. The number of likely N-dealkylation sites (tertiary alicyclic amines) is 1. The van der Waals surface area contributed by atoms with E-state index in [0.717, 1.165) is 25.7 Å². The third-order valence-corrected chi connectivity index (χ3v) is 7.11. The Kier molecular flexibility index (Phi) is 16.8. The van der Waals surface area contributed by atoms with E-state index >= 15 is 0 Å². The van der Waals surface area contributed by atoms with Crippen LogP contribution in [0.3, 0.4) is 0 Å². The highest BCUT2D eigenvalue weighted by molar-refractivity contribution is 5.89. The third kappa shape index (κ3) is 14.5. The molecule has 3 rings (SSSR count). The SMILES string of the molecule is CC(C)C(=O)C1CCC(NC(=O)CCOCCOCCOCCNC(=O)C2CC(=O)N(C)C2)CC1.c1ccncc1. The molecule has 2 fully saturated rings. The van der Waals surface area contributed by atoms with E-state index in [1.165, 1.54) is 0 Å². The second-order valence-corrected chi connectivity index (χ2v) is 10.8. The number of amides is 3. The van der Waals surface area contributed by atoms with Crippen LogP contribution in [0.5, 0.6) is 0 Å². The topological polar surface area (TPSA) is 136 Å². The lowest BCUT2D eigenvalue weighted by Gasteiger charge is -2.29. The van der Waals surface area contributed by atoms with Gasteiger partial charge in [0.05, 0.1) is 45.6 Å². The number of carbonyl (C=O) groups excluding carboxylic acids is 4. The number of aromatic nitrogens is 1. The molecule has 2 heterocycles. The van der Waals surface area contributed by atoms with E-state index in [1.807, 2.05) is 32.0 Å². The van der Waals surface area contributed by atoms with Crippen molar-refractivity contribution in [1.29, 1.82) is 0 Å². The molecule has 1 saturated heterocycles. The molecule has 1 saturated carbocycles. The second-order valence-electron chi connectivity index (χ2n) is 10.8. The molecule has 1 aromatic rings. The molecule has 1 atom stereocenters. The highest BCUT2D eigenvalue weighted by Gasteiger charge is 2.31. The van der Waals surface area contributed by atoms with Crippen LogP contribution in [0.2, 0.25) is 0 Å². The fourth-order valence-electron chi connectivity index (χ4n) is 4.74. The quantitative estimate of drug-likeness (QED) is 0.285. The first-order valence-electron chi connectivity index (χ1n) is 14.7. The van der Waals surface area contributed by atoms with Crippen LogP contribution < -0.4 is 10.6 Å². The number of Topliss-reactive ketones (excluding diaryl/α,β-unsaturated/α-hetero) is 1. The molecule has 0 bridgehead atoms. The zero-order valence-corrected chi connectivity index (χ0v) is 24.8. The minimum Gasteiger partial charge on any atom is -0.379 e. The largest absolute Gasteiger partial charge is 0.379 e. The number of hydrogen-bond donors (Lipinski definition) is 2. The number of ketones is 1. The maximum Gasteiger partial charge on any atom is 0.225 e. The van der Waals surface area contributed by atoms with Gasteiger partial charge in [0.25, 0.3) is 0 Å². The zero-order valence-electron chi connectivity index (χ0n) is 24.8. The molecule has 11 heteroatoms. The number of nitrogens with one attached hydrogen (secondary N) is 2. The Bertz CT molecular complexity index is 881. The molecule has 0 radical (unpaired) electrons. The van der Waals surface area contributed by atoms with E-state index in [2.05, 4.69) is 15.6 Å². The number of nitrogens with zero attached hydrogens (tertiary/aromatic N) is 2. The van der Waals surface area contributed by atoms with Crippen molar-refractivity contribution in [3.63, 3.8) is 0 Å². The number of pyridine rings is 1. The van der Waals surface area contributed by atoms with E-state index in [-0.39, 0.29) is 47.9 Å². The molecule has 1 aliphatic heterocycles. The Morgan fingerprint density at radius 3 is 2.02 bits per heavy atom. The summed E-state index contributed by atoms with van der Waals surface area (Å²) in [6, 6.07) is 5.87. The Morgan fingerprint density at radius 1 is 0.902 bits per heavy atom. The number of carbonyl (C=O) groups is 4. The van der Waals surface area contributed by atoms with Gasteiger partial charge in [-0.25, -0.2) is 0 Å². The molecular weight excluding hydrogens is 528 g/mol. The summed E-state index contributed by atoms with van der Waals surface area (Å²) in [5.41, 5.74) is 0. The van der Waals surface area contributed by atoms with E-state index in [4.69, 9.17) is 14.2 Å². The third-order valence-electron chi connectivity index (χ3n) is 7.11. The van der Waals surface area contributed by atoms with Crippen molar-refractivity contribution in [3.05, 3.63) is 30.6 Å². The van der Waals surface area contributed by atoms with Gasteiger partial charge in [-0.15, -0.1) is 0 Å². The molecular formula is C30H48N4O7. The van der Waals surface area contributed by atoms with Gasteiger partial charge in [-0.1, -0.05) is 19.9 Å². The van der Waals surface area contributed by atoms with Gasteiger partial charge >= 0.3 is 0 Å². The van der Waals surface area contributed by atoms with Crippen LogP contribution >= 0.6 is 0 Å². The summed E-state index contributed by atoms with van der Waals surface area (Å²) in [6.07, 6.45) is 7.51. The maximum absolute atomic E-state index is 12.1. The van der Waals surface area contributed by atoms with Gasteiger partial charge in [0.15, 0.2) is 0 Å². The first-order valence-corrected chi connectivity index (χ1v) is 14.7. The van der Waals surface area contributed by atoms with Crippen molar-refractivity contribution in [2.45, 2.75) is 58.4 Å².